The van der Waals surface area contributed by atoms with Crippen molar-refractivity contribution in [3.05, 3.63) is 77.3 Å². The number of hydrogen-bond donors (Lipinski definition) is 3. The molecule has 0 saturated carbocycles. The van der Waals surface area contributed by atoms with E-state index in [0.29, 0.717) is 5.69 Å². The summed E-state index contributed by atoms with van der Waals surface area (Å²) in [5, 5.41) is 16.1. The molecule has 0 aliphatic rings. The van der Waals surface area contributed by atoms with Gasteiger partial charge in [0.2, 0.25) is 0 Å². The van der Waals surface area contributed by atoms with Crippen molar-refractivity contribution >= 4 is 28.1 Å². The van der Waals surface area contributed by atoms with Crippen LogP contribution in [-0.4, -0.2) is 29.7 Å². The summed E-state index contributed by atoms with van der Waals surface area (Å²) in [5.74, 6) is 0.465. The molecule has 0 radical (unpaired) electrons. The highest BCUT2D eigenvalue weighted by atomic mass is 32.1. The molecule has 1 unspecified atom stereocenters. The standard InChI is InChI=1S/C22H20N2O3S/c1-27-17-9-8-16-11-19(24-18(16)12-17)22(26)23-13-20(25)14-4-6-15(7-5-14)21-3-2-10-28-21/h2-12,20,24-25H,13H2,1H3,(H,23,26). The maximum atomic E-state index is 12.4. The third-order valence-electron chi connectivity index (χ3n) is 4.63. The molecule has 4 rings (SSSR count). The molecule has 2 heterocycles. The summed E-state index contributed by atoms with van der Waals surface area (Å²) >= 11 is 1.68. The van der Waals surface area contributed by atoms with Gasteiger partial charge in [0.1, 0.15) is 11.4 Å². The summed E-state index contributed by atoms with van der Waals surface area (Å²) in [6.07, 6.45) is -0.772. The van der Waals surface area contributed by atoms with Crippen LogP contribution in [0.2, 0.25) is 0 Å². The fourth-order valence-corrected chi connectivity index (χ4v) is 3.80. The summed E-state index contributed by atoms with van der Waals surface area (Å²) in [6, 6.07) is 19.2. The van der Waals surface area contributed by atoms with E-state index in [1.54, 1.807) is 24.5 Å². The van der Waals surface area contributed by atoms with E-state index < -0.39 is 6.10 Å². The summed E-state index contributed by atoms with van der Waals surface area (Å²) in [5.41, 5.74) is 3.16. The first-order chi connectivity index (χ1) is 13.6. The lowest BCUT2D eigenvalue weighted by Crippen LogP contribution is -2.28. The number of rotatable bonds is 6. The Labute approximate surface area is 166 Å². The Hall–Kier alpha value is -3.09. The fraction of sp³-hybridized carbons (Fsp3) is 0.136. The Kier molecular flexibility index (Phi) is 5.14. The van der Waals surface area contributed by atoms with E-state index >= 15 is 0 Å². The number of carbonyl (C=O) groups is 1. The molecule has 1 atom stereocenters. The smallest absolute Gasteiger partial charge is 0.267 e. The average molecular weight is 392 g/mol. The molecule has 142 valence electrons. The van der Waals surface area contributed by atoms with Gasteiger partial charge < -0.3 is 20.1 Å². The van der Waals surface area contributed by atoms with E-state index in [4.69, 9.17) is 4.74 Å². The second kappa shape index (κ2) is 7.88. The molecular formula is C22H20N2O3S. The minimum atomic E-state index is -0.772. The van der Waals surface area contributed by atoms with Crippen LogP contribution < -0.4 is 10.1 Å². The van der Waals surface area contributed by atoms with E-state index in [2.05, 4.69) is 16.4 Å². The van der Waals surface area contributed by atoms with Gasteiger partial charge >= 0.3 is 0 Å². The van der Waals surface area contributed by atoms with Crippen LogP contribution in [0.15, 0.2) is 66.0 Å². The number of aliphatic hydroxyl groups excluding tert-OH is 1. The summed E-state index contributed by atoms with van der Waals surface area (Å²) < 4.78 is 5.20. The van der Waals surface area contributed by atoms with E-state index in [0.717, 1.165) is 27.8 Å². The van der Waals surface area contributed by atoms with Gasteiger partial charge in [-0.2, -0.15) is 0 Å². The number of methoxy groups -OCH3 is 1. The molecule has 2 aromatic heterocycles. The zero-order valence-corrected chi connectivity index (χ0v) is 16.1. The number of H-pyrrole nitrogens is 1. The van der Waals surface area contributed by atoms with Crippen LogP contribution >= 0.6 is 11.3 Å². The number of amides is 1. The summed E-state index contributed by atoms with van der Waals surface area (Å²) in [6.45, 7) is 0.135. The highest BCUT2D eigenvalue weighted by molar-refractivity contribution is 7.13. The lowest BCUT2D eigenvalue weighted by molar-refractivity contribution is 0.0912. The summed E-state index contributed by atoms with van der Waals surface area (Å²) in [4.78, 5) is 16.7. The normalized spacial score (nSPS) is 12.1. The minimum absolute atomic E-state index is 0.135. The zero-order valence-electron chi connectivity index (χ0n) is 15.3. The van der Waals surface area contributed by atoms with Crippen molar-refractivity contribution in [2.75, 3.05) is 13.7 Å². The Morgan fingerprint density at radius 3 is 2.71 bits per heavy atom. The van der Waals surface area contributed by atoms with E-state index in [9.17, 15) is 9.90 Å². The number of fused-ring (bicyclic) bond motifs is 1. The van der Waals surface area contributed by atoms with Crippen molar-refractivity contribution in [2.24, 2.45) is 0 Å². The zero-order chi connectivity index (χ0) is 19.5. The maximum Gasteiger partial charge on any atom is 0.267 e. The van der Waals surface area contributed by atoms with Gasteiger partial charge in [0.05, 0.1) is 13.2 Å². The van der Waals surface area contributed by atoms with Gasteiger partial charge in [0.15, 0.2) is 0 Å². The van der Waals surface area contributed by atoms with Gasteiger partial charge in [-0.05, 0) is 40.8 Å². The van der Waals surface area contributed by atoms with E-state index in [-0.39, 0.29) is 12.5 Å². The van der Waals surface area contributed by atoms with Gasteiger partial charge in [-0.1, -0.05) is 30.3 Å². The minimum Gasteiger partial charge on any atom is -0.497 e. The number of aliphatic hydroxyl groups is 1. The predicted octanol–water partition coefficient (Wildman–Crippen LogP) is 4.37. The number of benzene rings is 2. The summed E-state index contributed by atoms with van der Waals surface area (Å²) in [7, 11) is 1.60. The van der Waals surface area contributed by atoms with Crippen molar-refractivity contribution in [3.8, 4) is 16.2 Å². The molecule has 2 aromatic carbocycles. The average Bonchev–Trinajstić information content (AvgIpc) is 3.41. The molecule has 28 heavy (non-hydrogen) atoms. The van der Waals surface area contributed by atoms with Crippen LogP contribution in [0.5, 0.6) is 5.75 Å². The number of nitrogens with one attached hydrogen (secondary N) is 2. The first-order valence-electron chi connectivity index (χ1n) is 8.91. The maximum absolute atomic E-state index is 12.4. The Bertz CT molecular complexity index is 1080. The lowest BCUT2D eigenvalue weighted by Gasteiger charge is -2.12. The Morgan fingerprint density at radius 2 is 2.00 bits per heavy atom. The molecule has 5 nitrogen and oxygen atoms in total. The fourth-order valence-electron chi connectivity index (χ4n) is 3.07. The van der Waals surface area contributed by atoms with Crippen molar-refractivity contribution in [1.29, 1.82) is 0 Å². The monoisotopic (exact) mass is 392 g/mol. The van der Waals surface area contributed by atoms with E-state index in [1.807, 2.05) is 53.9 Å². The quantitative estimate of drug-likeness (QED) is 0.456. The number of thiophene rings is 1. The van der Waals surface area contributed by atoms with Crippen LogP contribution in [0.1, 0.15) is 22.2 Å². The molecule has 1 amide bonds. The molecule has 0 aliphatic heterocycles. The predicted molar refractivity (Wildman–Crippen MR) is 112 cm³/mol. The molecular weight excluding hydrogens is 372 g/mol. The largest absolute Gasteiger partial charge is 0.497 e. The van der Waals surface area contributed by atoms with Crippen molar-refractivity contribution in [3.63, 3.8) is 0 Å². The second-order valence-electron chi connectivity index (χ2n) is 6.46. The third kappa shape index (κ3) is 3.78. The van der Waals surface area contributed by atoms with Gasteiger partial charge in [-0.3, -0.25) is 4.79 Å². The number of aromatic amines is 1. The number of aromatic nitrogens is 1. The van der Waals surface area contributed by atoms with Crippen molar-refractivity contribution in [1.82, 2.24) is 10.3 Å². The van der Waals surface area contributed by atoms with Gasteiger partial charge in [0.25, 0.3) is 5.91 Å². The van der Waals surface area contributed by atoms with Crippen LogP contribution in [0.3, 0.4) is 0 Å². The van der Waals surface area contributed by atoms with Crippen molar-refractivity contribution in [2.45, 2.75) is 6.10 Å². The van der Waals surface area contributed by atoms with Crippen LogP contribution in [0.25, 0.3) is 21.3 Å². The van der Waals surface area contributed by atoms with Gasteiger partial charge in [0, 0.05) is 28.4 Å². The highest BCUT2D eigenvalue weighted by Gasteiger charge is 2.13. The number of carbonyl (C=O) groups excluding carboxylic acids is 1. The molecule has 0 saturated heterocycles. The van der Waals surface area contributed by atoms with Crippen LogP contribution in [0, 0.1) is 0 Å². The first-order valence-corrected chi connectivity index (χ1v) is 9.79. The van der Waals surface area contributed by atoms with Crippen LogP contribution in [0.4, 0.5) is 0 Å². The van der Waals surface area contributed by atoms with Crippen molar-refractivity contribution < 1.29 is 14.6 Å². The molecule has 3 N–H and O–H groups in total. The first kappa shape index (κ1) is 18.3. The van der Waals surface area contributed by atoms with Crippen LogP contribution in [-0.2, 0) is 0 Å². The molecule has 0 spiro atoms. The topological polar surface area (TPSA) is 74.3 Å². The Morgan fingerprint density at radius 1 is 1.18 bits per heavy atom. The molecule has 6 heteroatoms. The van der Waals surface area contributed by atoms with Gasteiger partial charge in [-0.25, -0.2) is 0 Å². The van der Waals surface area contributed by atoms with E-state index in [1.165, 1.54) is 4.88 Å². The Balaban J connectivity index is 1.40. The SMILES string of the molecule is COc1ccc2cc(C(=O)NCC(O)c3ccc(-c4cccs4)cc3)[nH]c2c1. The molecule has 0 fully saturated rings. The third-order valence-corrected chi connectivity index (χ3v) is 5.55. The number of ether oxygens (including phenoxy) is 1. The lowest BCUT2D eigenvalue weighted by atomic mass is 10.1. The molecule has 0 aliphatic carbocycles. The molecule has 4 aromatic rings. The molecule has 0 bridgehead atoms. The highest BCUT2D eigenvalue weighted by Crippen LogP contribution is 2.26. The second-order valence-corrected chi connectivity index (χ2v) is 7.41. The van der Waals surface area contributed by atoms with Gasteiger partial charge in [-0.15, -0.1) is 11.3 Å². The number of hydrogen-bond acceptors (Lipinski definition) is 4.